The highest BCUT2D eigenvalue weighted by atomic mass is 35.5. The molecular weight excluding hydrogens is 241 g/mol. The van der Waals surface area contributed by atoms with Crippen LogP contribution in [0.2, 0.25) is 10.0 Å². The minimum absolute atomic E-state index is 0.169. The molecule has 0 saturated carbocycles. The first-order valence-electron chi connectivity index (χ1n) is 5.27. The van der Waals surface area contributed by atoms with E-state index in [0.29, 0.717) is 10.0 Å². The number of benzene rings is 1. The molecule has 0 bridgehead atoms. The Hall–Kier alpha value is -0.680. The van der Waals surface area contributed by atoms with Crippen LogP contribution in [0, 0.1) is 11.8 Å². The maximum Gasteiger partial charge on any atom is 0.0468 e. The van der Waals surface area contributed by atoms with Gasteiger partial charge in [0.15, 0.2) is 0 Å². The number of hydrogen-bond acceptors (Lipinski definition) is 1. The van der Waals surface area contributed by atoms with Gasteiger partial charge in [-0.3, -0.25) is 0 Å². The molecule has 0 spiro atoms. The standard InChI is InChI=1S/C13H15Cl2N/c1-3-5-6-13(16-4-2)11-8-7-10(14)9-12(11)15/h7-9,13,16H,4,6H2,1-2H3. The molecule has 3 heteroatoms. The SMILES string of the molecule is CC#CCC(NCC)c1ccc(Cl)cc1Cl. The lowest BCUT2D eigenvalue weighted by molar-refractivity contribution is 0.565. The highest BCUT2D eigenvalue weighted by Gasteiger charge is 2.12. The van der Waals surface area contributed by atoms with Crippen molar-refractivity contribution in [2.24, 2.45) is 0 Å². The van der Waals surface area contributed by atoms with Crippen molar-refractivity contribution in [3.8, 4) is 11.8 Å². The topological polar surface area (TPSA) is 12.0 Å². The third kappa shape index (κ3) is 3.72. The molecule has 1 atom stereocenters. The van der Waals surface area contributed by atoms with Gasteiger partial charge in [0.2, 0.25) is 0 Å². The van der Waals surface area contributed by atoms with E-state index in [9.17, 15) is 0 Å². The van der Waals surface area contributed by atoms with E-state index in [1.807, 2.05) is 19.1 Å². The first-order valence-corrected chi connectivity index (χ1v) is 6.02. The summed E-state index contributed by atoms with van der Waals surface area (Å²) in [4.78, 5) is 0. The lowest BCUT2D eigenvalue weighted by atomic mass is 10.0. The first-order chi connectivity index (χ1) is 7.69. The molecule has 0 amide bonds. The molecule has 86 valence electrons. The fourth-order valence-corrected chi connectivity index (χ4v) is 2.07. The van der Waals surface area contributed by atoms with Gasteiger partial charge in [0.05, 0.1) is 0 Å². The van der Waals surface area contributed by atoms with E-state index in [4.69, 9.17) is 23.2 Å². The van der Waals surface area contributed by atoms with Crippen molar-refractivity contribution in [3.63, 3.8) is 0 Å². The van der Waals surface area contributed by atoms with Gasteiger partial charge < -0.3 is 5.32 Å². The van der Waals surface area contributed by atoms with Gasteiger partial charge in [0.1, 0.15) is 0 Å². The molecule has 1 nitrogen and oxygen atoms in total. The van der Waals surface area contributed by atoms with E-state index in [1.54, 1.807) is 6.07 Å². The molecule has 0 fully saturated rings. The molecule has 0 aliphatic heterocycles. The van der Waals surface area contributed by atoms with Crippen LogP contribution in [-0.2, 0) is 0 Å². The smallest absolute Gasteiger partial charge is 0.0468 e. The Labute approximate surface area is 107 Å². The molecule has 1 aromatic rings. The molecule has 1 aromatic carbocycles. The van der Waals surface area contributed by atoms with Gasteiger partial charge in [-0.2, -0.15) is 0 Å². The van der Waals surface area contributed by atoms with Crippen LogP contribution in [0.4, 0.5) is 0 Å². The molecule has 16 heavy (non-hydrogen) atoms. The Bertz CT molecular complexity index is 404. The Morgan fingerprint density at radius 3 is 2.69 bits per heavy atom. The van der Waals surface area contributed by atoms with Crippen LogP contribution in [0.15, 0.2) is 18.2 Å². The van der Waals surface area contributed by atoms with Crippen LogP contribution in [-0.4, -0.2) is 6.54 Å². The van der Waals surface area contributed by atoms with Gasteiger partial charge in [-0.25, -0.2) is 0 Å². The summed E-state index contributed by atoms with van der Waals surface area (Å²) in [5.41, 5.74) is 1.05. The summed E-state index contributed by atoms with van der Waals surface area (Å²) in [7, 11) is 0. The van der Waals surface area contributed by atoms with E-state index in [2.05, 4.69) is 24.1 Å². The van der Waals surface area contributed by atoms with Gasteiger partial charge >= 0.3 is 0 Å². The molecule has 1 unspecified atom stereocenters. The summed E-state index contributed by atoms with van der Waals surface area (Å²) in [5, 5.41) is 4.71. The lowest BCUT2D eigenvalue weighted by Gasteiger charge is -2.17. The maximum atomic E-state index is 6.17. The molecule has 1 rings (SSSR count). The van der Waals surface area contributed by atoms with Gasteiger partial charge in [0, 0.05) is 22.5 Å². The summed E-state index contributed by atoms with van der Waals surface area (Å²) in [6.45, 7) is 4.79. The summed E-state index contributed by atoms with van der Waals surface area (Å²) < 4.78 is 0. The highest BCUT2D eigenvalue weighted by Crippen LogP contribution is 2.27. The Morgan fingerprint density at radius 2 is 2.12 bits per heavy atom. The summed E-state index contributed by atoms with van der Waals surface area (Å²) >= 11 is 12.0. The second-order valence-corrected chi connectivity index (χ2v) is 4.25. The van der Waals surface area contributed by atoms with Crippen LogP contribution in [0.25, 0.3) is 0 Å². The molecular formula is C13H15Cl2N. The number of halogens is 2. The van der Waals surface area contributed by atoms with Crippen molar-refractivity contribution < 1.29 is 0 Å². The minimum atomic E-state index is 0.169. The predicted molar refractivity (Wildman–Crippen MR) is 70.9 cm³/mol. The van der Waals surface area contributed by atoms with Crippen molar-refractivity contribution in [1.29, 1.82) is 0 Å². The van der Waals surface area contributed by atoms with E-state index in [1.165, 1.54) is 0 Å². The van der Waals surface area contributed by atoms with E-state index >= 15 is 0 Å². The average Bonchev–Trinajstić information content (AvgIpc) is 2.25. The van der Waals surface area contributed by atoms with E-state index in [-0.39, 0.29) is 6.04 Å². The molecule has 0 heterocycles. The Kier molecular flexibility index (Phi) is 5.69. The summed E-state index contributed by atoms with van der Waals surface area (Å²) in [6, 6.07) is 5.74. The first kappa shape index (κ1) is 13.4. The van der Waals surface area contributed by atoms with Gasteiger partial charge in [-0.1, -0.05) is 36.2 Å². The fraction of sp³-hybridized carbons (Fsp3) is 0.385. The van der Waals surface area contributed by atoms with E-state index in [0.717, 1.165) is 18.5 Å². The van der Waals surface area contributed by atoms with Gasteiger partial charge in [-0.05, 0) is 31.2 Å². The molecule has 0 radical (unpaired) electrons. The molecule has 0 aromatic heterocycles. The fourth-order valence-electron chi connectivity index (χ4n) is 1.53. The summed E-state index contributed by atoms with van der Waals surface area (Å²) in [6.07, 6.45) is 0.756. The predicted octanol–water partition coefficient (Wildman–Crippen LogP) is 4.06. The van der Waals surface area contributed by atoms with Crippen LogP contribution < -0.4 is 5.32 Å². The van der Waals surface area contributed by atoms with Crippen molar-refractivity contribution in [2.45, 2.75) is 26.3 Å². The second-order valence-electron chi connectivity index (χ2n) is 3.41. The normalized spacial score (nSPS) is 11.8. The zero-order chi connectivity index (χ0) is 12.0. The number of hydrogen-bond donors (Lipinski definition) is 1. The van der Waals surface area contributed by atoms with Crippen LogP contribution in [0.3, 0.4) is 0 Å². The number of rotatable bonds is 4. The van der Waals surface area contributed by atoms with Gasteiger partial charge in [0.25, 0.3) is 0 Å². The quantitative estimate of drug-likeness (QED) is 0.801. The lowest BCUT2D eigenvalue weighted by Crippen LogP contribution is -2.20. The van der Waals surface area contributed by atoms with Crippen molar-refractivity contribution in [2.75, 3.05) is 6.54 Å². The number of nitrogens with one attached hydrogen (secondary N) is 1. The highest BCUT2D eigenvalue weighted by molar-refractivity contribution is 6.35. The summed E-state index contributed by atoms with van der Waals surface area (Å²) in [5.74, 6) is 5.97. The third-order valence-electron chi connectivity index (χ3n) is 2.27. The van der Waals surface area contributed by atoms with Crippen molar-refractivity contribution in [1.82, 2.24) is 5.32 Å². The largest absolute Gasteiger partial charge is 0.309 e. The molecule has 0 saturated heterocycles. The van der Waals surface area contributed by atoms with Crippen molar-refractivity contribution in [3.05, 3.63) is 33.8 Å². The second kappa shape index (κ2) is 6.81. The van der Waals surface area contributed by atoms with Crippen LogP contribution >= 0.6 is 23.2 Å². The zero-order valence-corrected chi connectivity index (χ0v) is 11.0. The maximum absolute atomic E-state index is 6.17. The minimum Gasteiger partial charge on any atom is -0.309 e. The molecule has 1 N–H and O–H groups in total. The van der Waals surface area contributed by atoms with Gasteiger partial charge in [-0.15, -0.1) is 11.8 Å². The van der Waals surface area contributed by atoms with E-state index < -0.39 is 0 Å². The third-order valence-corrected chi connectivity index (χ3v) is 2.83. The Morgan fingerprint density at radius 1 is 1.38 bits per heavy atom. The van der Waals surface area contributed by atoms with Crippen LogP contribution in [0.1, 0.15) is 31.9 Å². The average molecular weight is 256 g/mol. The zero-order valence-electron chi connectivity index (χ0n) is 9.48. The molecule has 0 aliphatic rings. The van der Waals surface area contributed by atoms with Crippen molar-refractivity contribution >= 4 is 23.2 Å². The monoisotopic (exact) mass is 255 g/mol. The van der Waals surface area contributed by atoms with Crippen LogP contribution in [0.5, 0.6) is 0 Å². The Balaban J connectivity index is 2.94. The molecule has 0 aliphatic carbocycles.